The van der Waals surface area contributed by atoms with Gasteiger partial charge in [-0.1, -0.05) is 32.0 Å². The van der Waals surface area contributed by atoms with Gasteiger partial charge >= 0.3 is 0 Å². The van der Waals surface area contributed by atoms with E-state index in [4.69, 9.17) is 10.5 Å². The topological polar surface area (TPSA) is 55.6 Å². The second-order valence-electron chi connectivity index (χ2n) is 5.64. The van der Waals surface area contributed by atoms with Crippen molar-refractivity contribution in [3.8, 4) is 5.75 Å². The van der Waals surface area contributed by atoms with Gasteiger partial charge in [0.25, 0.3) is 0 Å². The zero-order valence-corrected chi connectivity index (χ0v) is 13.1. The standard InChI is InChI=1S/C16H26N2O2/c1-11(2)15(17)16(19)18(12(3)4)10-13-8-6-7-9-14(13)20-5/h6-9,11-12,15H,10,17H2,1-5H3. The molecule has 1 atom stereocenters. The molecule has 0 radical (unpaired) electrons. The highest BCUT2D eigenvalue weighted by Crippen LogP contribution is 2.21. The van der Waals surface area contributed by atoms with Gasteiger partial charge in [-0.3, -0.25) is 4.79 Å². The first-order valence-corrected chi connectivity index (χ1v) is 7.06. The number of methoxy groups -OCH3 is 1. The number of rotatable bonds is 6. The average Bonchev–Trinajstić information content (AvgIpc) is 2.43. The minimum atomic E-state index is -0.466. The van der Waals surface area contributed by atoms with Crippen molar-refractivity contribution in [3.63, 3.8) is 0 Å². The predicted molar refractivity (Wildman–Crippen MR) is 81.5 cm³/mol. The highest BCUT2D eigenvalue weighted by molar-refractivity contribution is 5.82. The first kappa shape index (κ1) is 16.5. The second-order valence-corrected chi connectivity index (χ2v) is 5.64. The van der Waals surface area contributed by atoms with Gasteiger partial charge in [-0.2, -0.15) is 0 Å². The zero-order valence-electron chi connectivity index (χ0n) is 13.1. The van der Waals surface area contributed by atoms with E-state index in [1.165, 1.54) is 0 Å². The Kier molecular flexibility index (Phi) is 6.02. The summed E-state index contributed by atoms with van der Waals surface area (Å²) in [6.07, 6.45) is 0. The molecule has 0 aromatic heterocycles. The van der Waals surface area contributed by atoms with Crippen molar-refractivity contribution >= 4 is 5.91 Å². The van der Waals surface area contributed by atoms with Gasteiger partial charge in [-0.05, 0) is 25.8 Å². The van der Waals surface area contributed by atoms with E-state index in [9.17, 15) is 4.79 Å². The van der Waals surface area contributed by atoms with Crippen molar-refractivity contribution in [1.29, 1.82) is 0 Å². The number of hydrogen-bond donors (Lipinski definition) is 1. The minimum Gasteiger partial charge on any atom is -0.496 e. The Bertz CT molecular complexity index is 444. The van der Waals surface area contributed by atoms with Crippen LogP contribution in [0.5, 0.6) is 5.75 Å². The molecule has 0 saturated heterocycles. The molecule has 0 aliphatic carbocycles. The lowest BCUT2D eigenvalue weighted by molar-refractivity contribution is -0.136. The molecule has 0 saturated carbocycles. The molecule has 0 aliphatic heterocycles. The Morgan fingerprint density at radius 2 is 1.85 bits per heavy atom. The summed E-state index contributed by atoms with van der Waals surface area (Å²) in [5, 5.41) is 0. The lowest BCUT2D eigenvalue weighted by Gasteiger charge is -2.31. The number of amides is 1. The molecular weight excluding hydrogens is 252 g/mol. The number of carbonyl (C=O) groups excluding carboxylic acids is 1. The van der Waals surface area contributed by atoms with Crippen LogP contribution in [0.3, 0.4) is 0 Å². The van der Waals surface area contributed by atoms with Crippen LogP contribution >= 0.6 is 0 Å². The van der Waals surface area contributed by atoms with E-state index in [2.05, 4.69) is 0 Å². The molecule has 0 fully saturated rings. The fourth-order valence-corrected chi connectivity index (χ4v) is 2.01. The van der Waals surface area contributed by atoms with Gasteiger partial charge in [0.05, 0.1) is 13.2 Å². The molecule has 1 unspecified atom stereocenters. The highest BCUT2D eigenvalue weighted by atomic mass is 16.5. The Labute approximate surface area is 121 Å². The van der Waals surface area contributed by atoms with Crippen LogP contribution in [0.1, 0.15) is 33.3 Å². The summed E-state index contributed by atoms with van der Waals surface area (Å²) in [5.74, 6) is 0.909. The molecule has 0 spiro atoms. The smallest absolute Gasteiger partial charge is 0.240 e. The van der Waals surface area contributed by atoms with E-state index in [1.54, 1.807) is 7.11 Å². The first-order chi connectivity index (χ1) is 9.38. The third-order valence-corrected chi connectivity index (χ3v) is 3.44. The van der Waals surface area contributed by atoms with Gasteiger partial charge in [0.2, 0.25) is 5.91 Å². The van der Waals surface area contributed by atoms with Crippen LogP contribution in [-0.2, 0) is 11.3 Å². The van der Waals surface area contributed by atoms with Crippen LogP contribution < -0.4 is 10.5 Å². The lowest BCUT2D eigenvalue weighted by Crippen LogP contribution is -2.48. The first-order valence-electron chi connectivity index (χ1n) is 7.06. The SMILES string of the molecule is COc1ccccc1CN(C(=O)C(N)C(C)C)C(C)C. The molecule has 1 aromatic carbocycles. The van der Waals surface area contributed by atoms with Crippen LogP contribution in [0.4, 0.5) is 0 Å². The van der Waals surface area contributed by atoms with Crippen LogP contribution in [-0.4, -0.2) is 30.0 Å². The van der Waals surface area contributed by atoms with E-state index in [0.717, 1.165) is 11.3 Å². The van der Waals surface area contributed by atoms with Crippen molar-refractivity contribution in [2.24, 2.45) is 11.7 Å². The Hall–Kier alpha value is -1.55. The van der Waals surface area contributed by atoms with Crippen LogP contribution in [0.25, 0.3) is 0 Å². The average molecular weight is 278 g/mol. The molecule has 2 N–H and O–H groups in total. The molecular formula is C16H26N2O2. The Morgan fingerprint density at radius 3 is 2.35 bits per heavy atom. The van der Waals surface area contributed by atoms with E-state index < -0.39 is 6.04 Å². The third kappa shape index (κ3) is 3.97. The number of ether oxygens (including phenoxy) is 1. The molecule has 0 bridgehead atoms. The van der Waals surface area contributed by atoms with Gasteiger partial charge in [-0.25, -0.2) is 0 Å². The van der Waals surface area contributed by atoms with Gasteiger partial charge in [0, 0.05) is 18.2 Å². The summed E-state index contributed by atoms with van der Waals surface area (Å²) >= 11 is 0. The van der Waals surface area contributed by atoms with Crippen LogP contribution in [0, 0.1) is 5.92 Å². The Morgan fingerprint density at radius 1 is 1.25 bits per heavy atom. The summed E-state index contributed by atoms with van der Waals surface area (Å²) < 4.78 is 5.34. The molecule has 112 valence electrons. The maximum atomic E-state index is 12.5. The van der Waals surface area contributed by atoms with Crippen molar-refractivity contribution in [2.75, 3.05) is 7.11 Å². The largest absolute Gasteiger partial charge is 0.496 e. The van der Waals surface area contributed by atoms with Gasteiger partial charge < -0.3 is 15.4 Å². The molecule has 1 amide bonds. The highest BCUT2D eigenvalue weighted by Gasteiger charge is 2.26. The van der Waals surface area contributed by atoms with Gasteiger partial charge in [0.1, 0.15) is 5.75 Å². The lowest BCUT2D eigenvalue weighted by atomic mass is 10.0. The van der Waals surface area contributed by atoms with E-state index in [1.807, 2.05) is 56.9 Å². The second kappa shape index (κ2) is 7.29. The number of carbonyl (C=O) groups is 1. The minimum absolute atomic E-state index is 0.0130. The number of nitrogens with zero attached hydrogens (tertiary/aromatic N) is 1. The van der Waals surface area contributed by atoms with E-state index in [0.29, 0.717) is 6.54 Å². The quantitative estimate of drug-likeness (QED) is 0.869. The molecule has 20 heavy (non-hydrogen) atoms. The normalized spacial score (nSPS) is 12.6. The maximum absolute atomic E-state index is 12.5. The number of hydrogen-bond acceptors (Lipinski definition) is 3. The monoisotopic (exact) mass is 278 g/mol. The van der Waals surface area contributed by atoms with E-state index in [-0.39, 0.29) is 17.9 Å². The summed E-state index contributed by atoms with van der Waals surface area (Å²) in [5.41, 5.74) is 6.99. The fourth-order valence-electron chi connectivity index (χ4n) is 2.01. The summed E-state index contributed by atoms with van der Waals surface area (Å²) in [6, 6.07) is 7.38. The molecule has 4 nitrogen and oxygen atoms in total. The van der Waals surface area contributed by atoms with E-state index >= 15 is 0 Å². The molecule has 1 aromatic rings. The molecule has 4 heteroatoms. The zero-order chi connectivity index (χ0) is 15.3. The van der Waals surface area contributed by atoms with Crippen LogP contribution in [0.15, 0.2) is 24.3 Å². The van der Waals surface area contributed by atoms with Gasteiger partial charge in [0.15, 0.2) is 0 Å². The number of nitrogens with two attached hydrogens (primary N) is 1. The summed E-state index contributed by atoms with van der Waals surface area (Å²) in [7, 11) is 1.64. The molecule has 1 rings (SSSR count). The predicted octanol–water partition coefficient (Wildman–Crippen LogP) is 2.42. The van der Waals surface area contributed by atoms with Crippen molar-refractivity contribution in [3.05, 3.63) is 29.8 Å². The number of benzene rings is 1. The third-order valence-electron chi connectivity index (χ3n) is 3.44. The van der Waals surface area contributed by atoms with Gasteiger partial charge in [-0.15, -0.1) is 0 Å². The van der Waals surface area contributed by atoms with Crippen molar-refractivity contribution < 1.29 is 9.53 Å². The van der Waals surface area contributed by atoms with Crippen molar-refractivity contribution in [1.82, 2.24) is 4.90 Å². The number of para-hydroxylation sites is 1. The maximum Gasteiger partial charge on any atom is 0.240 e. The van der Waals surface area contributed by atoms with Crippen molar-refractivity contribution in [2.45, 2.75) is 46.3 Å². The molecule has 0 heterocycles. The molecule has 0 aliphatic rings. The fraction of sp³-hybridized carbons (Fsp3) is 0.562. The van der Waals surface area contributed by atoms with Crippen LogP contribution in [0.2, 0.25) is 0 Å². The Balaban J connectivity index is 2.96. The summed E-state index contributed by atoms with van der Waals surface area (Å²) in [6.45, 7) is 8.44. The summed E-state index contributed by atoms with van der Waals surface area (Å²) in [4.78, 5) is 14.3.